The van der Waals surface area contributed by atoms with Gasteiger partial charge in [0.1, 0.15) is 6.10 Å². The molecule has 0 aromatic heterocycles. The molecule has 0 aromatic carbocycles. The molecule has 0 radical (unpaired) electrons. The molecule has 0 amide bonds. The van der Waals surface area contributed by atoms with Crippen LogP contribution in [0.4, 0.5) is 0 Å². The first kappa shape index (κ1) is 37.3. The molecule has 4 saturated heterocycles. The second kappa shape index (κ2) is 12.6. The lowest BCUT2D eigenvalue weighted by atomic mass is 9.41. The van der Waals surface area contributed by atoms with E-state index in [9.17, 15) is 10.2 Å². The number of fused-ring (bicyclic) bond motifs is 5. The van der Waals surface area contributed by atoms with E-state index in [2.05, 4.69) is 44.4 Å². The Morgan fingerprint density at radius 2 is 1.63 bits per heavy atom. The second-order valence-corrected chi connectivity index (χ2v) is 21.5. The lowest BCUT2D eigenvalue weighted by Gasteiger charge is -2.64. The van der Waals surface area contributed by atoms with Gasteiger partial charge in [-0.2, -0.15) is 0 Å². The van der Waals surface area contributed by atoms with E-state index in [1.54, 1.807) is 0 Å². The van der Waals surface area contributed by atoms with Crippen LogP contribution in [-0.4, -0.2) is 114 Å². The minimum Gasteiger partial charge on any atom is -0.390 e. The zero-order valence-electron chi connectivity index (χ0n) is 34.1. The predicted octanol–water partition coefficient (Wildman–Crippen LogP) is 6.65. The van der Waals surface area contributed by atoms with Crippen molar-refractivity contribution in [2.45, 2.75) is 187 Å². The van der Waals surface area contributed by atoms with Crippen LogP contribution in [0.25, 0.3) is 0 Å². The van der Waals surface area contributed by atoms with Crippen molar-refractivity contribution in [3.8, 4) is 0 Å². The first-order valence-electron chi connectivity index (χ1n) is 22.0. The molecule has 5 aliphatic carbocycles. The molecule has 9 fully saturated rings. The Balaban J connectivity index is 0.911. The molecule has 2 spiro atoms. The van der Waals surface area contributed by atoms with Crippen molar-refractivity contribution in [1.82, 2.24) is 9.80 Å². The number of aliphatic hydroxyl groups is 2. The van der Waals surface area contributed by atoms with Gasteiger partial charge >= 0.3 is 0 Å². The van der Waals surface area contributed by atoms with Gasteiger partial charge in [-0.25, -0.2) is 0 Å². The molecule has 2 unspecified atom stereocenters. The minimum atomic E-state index is -1.01. The Morgan fingerprint density at radius 3 is 2.40 bits per heavy atom. The normalized spacial score (nSPS) is 53.5. The number of morpholine rings is 1. The summed E-state index contributed by atoms with van der Waals surface area (Å²) in [5, 5.41) is 23.8. The van der Waals surface area contributed by atoms with E-state index < -0.39 is 17.8 Å². The van der Waals surface area contributed by atoms with Gasteiger partial charge in [0.05, 0.1) is 36.6 Å². The van der Waals surface area contributed by atoms with E-state index in [4.69, 9.17) is 18.9 Å². The Hall–Kier alpha value is -0.320. The number of piperidine rings is 1. The van der Waals surface area contributed by atoms with Crippen molar-refractivity contribution in [2.24, 2.45) is 50.7 Å². The molecule has 5 saturated carbocycles. The summed E-state index contributed by atoms with van der Waals surface area (Å²) in [5.74, 6) is 1.87. The smallest absolute Gasteiger partial charge is 0.170 e. The summed E-state index contributed by atoms with van der Waals surface area (Å²) < 4.78 is 26.7. The van der Waals surface area contributed by atoms with Crippen molar-refractivity contribution in [2.75, 3.05) is 39.4 Å². The first-order chi connectivity index (χ1) is 24.6. The summed E-state index contributed by atoms with van der Waals surface area (Å²) >= 11 is 0. The predicted molar refractivity (Wildman–Crippen MR) is 202 cm³/mol. The van der Waals surface area contributed by atoms with Crippen LogP contribution < -0.4 is 0 Å². The fourth-order valence-corrected chi connectivity index (χ4v) is 16.5. The van der Waals surface area contributed by atoms with Gasteiger partial charge in [0.2, 0.25) is 0 Å². The van der Waals surface area contributed by atoms with Gasteiger partial charge in [-0.3, -0.25) is 4.90 Å². The van der Waals surface area contributed by atoms with Gasteiger partial charge in [0.25, 0.3) is 0 Å². The standard InChI is InChI=1S/C44H74N2O6/c1-9-49-38(40(5,6)48)30-23-27(2)35-36(51-30)37(47)42(8)32-13-12-31-39(3,4)33(14-16-43(31)26-44(32,43)18-17-41(35,42)7)52-34-25-46(21-22-50-34)29-15-20-45-19-10-11-28(45)24-29/h27-38,47-48H,9-26H2,1-8H3/t27-,28?,29?,30-,31+,32+,33+,34+,35+,36+,37+,38+,41-,42-,43-,44+/m1/s1. The van der Waals surface area contributed by atoms with Crippen molar-refractivity contribution in [1.29, 1.82) is 0 Å². The molecule has 16 atom stereocenters. The summed E-state index contributed by atoms with van der Waals surface area (Å²) in [5.41, 5.74) is -0.407. The molecule has 8 heteroatoms. The van der Waals surface area contributed by atoms with Crippen LogP contribution in [0, 0.1) is 50.7 Å². The van der Waals surface area contributed by atoms with E-state index in [0.717, 1.165) is 38.6 Å². The van der Waals surface area contributed by atoms with Crippen molar-refractivity contribution in [3.05, 3.63) is 0 Å². The van der Waals surface area contributed by atoms with Gasteiger partial charge in [-0.05, 0) is 156 Å². The lowest BCUT2D eigenvalue weighted by Crippen LogP contribution is -2.60. The molecule has 8 nitrogen and oxygen atoms in total. The third-order valence-electron chi connectivity index (χ3n) is 18.8. The highest BCUT2D eigenvalue weighted by atomic mass is 16.7. The number of hydrogen-bond donors (Lipinski definition) is 2. The average molecular weight is 727 g/mol. The maximum atomic E-state index is 12.7. The van der Waals surface area contributed by atoms with Crippen LogP contribution in [0.15, 0.2) is 0 Å². The van der Waals surface area contributed by atoms with Gasteiger partial charge in [0.15, 0.2) is 6.29 Å². The van der Waals surface area contributed by atoms with Gasteiger partial charge < -0.3 is 34.1 Å². The summed E-state index contributed by atoms with van der Waals surface area (Å²) in [4.78, 5) is 5.46. The maximum Gasteiger partial charge on any atom is 0.170 e. The highest BCUT2D eigenvalue weighted by Crippen LogP contribution is 2.89. The average Bonchev–Trinajstić information content (AvgIpc) is 3.44. The SMILES string of the molecule is CCO[C@@H]([C@H]1C[C@@H](C)[C@H]2[C@H](O1)[C@H](O)[C@@]1(C)[C@@H]3CC[C@H]4C(C)(C)[C@@H](O[C@H]5CN(C6CCN7CCCC7C6)CCO5)CC[C@@]45C[C@@]35CC[C@]21C)C(C)(C)O. The van der Waals surface area contributed by atoms with Crippen molar-refractivity contribution < 1.29 is 29.2 Å². The van der Waals surface area contributed by atoms with Gasteiger partial charge in [-0.1, -0.05) is 34.6 Å². The van der Waals surface area contributed by atoms with Crippen LogP contribution in [0.5, 0.6) is 0 Å². The molecule has 4 aliphatic heterocycles. The topological polar surface area (TPSA) is 83.9 Å². The van der Waals surface area contributed by atoms with Crippen LogP contribution >= 0.6 is 0 Å². The quantitative estimate of drug-likeness (QED) is 0.302. The summed E-state index contributed by atoms with van der Waals surface area (Å²) in [7, 11) is 0. The summed E-state index contributed by atoms with van der Waals surface area (Å²) in [6.07, 6.45) is 13.6. The third kappa shape index (κ3) is 5.12. The van der Waals surface area contributed by atoms with Crippen molar-refractivity contribution >= 4 is 0 Å². The zero-order chi connectivity index (χ0) is 36.6. The minimum absolute atomic E-state index is 0.0260. The molecule has 52 heavy (non-hydrogen) atoms. The Bertz CT molecular complexity index is 1350. The molecule has 9 rings (SSSR count). The van der Waals surface area contributed by atoms with E-state index >= 15 is 0 Å². The molecule has 0 bridgehead atoms. The van der Waals surface area contributed by atoms with E-state index in [1.165, 1.54) is 77.3 Å². The fourth-order valence-electron chi connectivity index (χ4n) is 16.5. The summed E-state index contributed by atoms with van der Waals surface area (Å²) in [6.45, 7) is 24.0. The molecule has 9 aliphatic rings. The van der Waals surface area contributed by atoms with Crippen LogP contribution in [-0.2, 0) is 18.9 Å². The molecule has 4 heterocycles. The molecular formula is C44H74N2O6. The largest absolute Gasteiger partial charge is 0.390 e. The van der Waals surface area contributed by atoms with Crippen LogP contribution in [0.1, 0.15) is 132 Å². The number of ether oxygens (including phenoxy) is 4. The van der Waals surface area contributed by atoms with E-state index in [-0.39, 0.29) is 40.8 Å². The molecule has 0 aromatic rings. The molecular weight excluding hydrogens is 652 g/mol. The number of nitrogens with zero attached hydrogens (tertiary/aromatic N) is 2. The fraction of sp³-hybridized carbons (Fsp3) is 1.00. The van der Waals surface area contributed by atoms with Gasteiger partial charge in [-0.15, -0.1) is 0 Å². The Labute approximate surface area is 315 Å². The van der Waals surface area contributed by atoms with E-state index in [1.807, 2.05) is 20.8 Å². The lowest BCUT2D eigenvalue weighted by molar-refractivity contribution is -0.252. The van der Waals surface area contributed by atoms with Crippen LogP contribution in [0.2, 0.25) is 0 Å². The monoisotopic (exact) mass is 727 g/mol. The Kier molecular flexibility index (Phi) is 9.02. The van der Waals surface area contributed by atoms with Crippen LogP contribution in [0.3, 0.4) is 0 Å². The number of rotatable bonds is 7. The van der Waals surface area contributed by atoms with E-state index in [0.29, 0.717) is 47.2 Å². The highest BCUT2D eigenvalue weighted by Gasteiger charge is 2.84. The first-order valence-corrected chi connectivity index (χ1v) is 22.0. The maximum absolute atomic E-state index is 12.7. The number of hydrogen-bond acceptors (Lipinski definition) is 8. The highest BCUT2D eigenvalue weighted by molar-refractivity contribution is 5.33. The second-order valence-electron chi connectivity index (χ2n) is 21.5. The van der Waals surface area contributed by atoms with Gasteiger partial charge in [0, 0.05) is 37.2 Å². The zero-order valence-corrected chi connectivity index (χ0v) is 34.1. The van der Waals surface area contributed by atoms with Crippen molar-refractivity contribution in [3.63, 3.8) is 0 Å². The third-order valence-corrected chi connectivity index (χ3v) is 18.8. The molecule has 2 N–H and O–H groups in total. The molecule has 296 valence electrons. The summed E-state index contributed by atoms with van der Waals surface area (Å²) in [6, 6.07) is 1.47. The number of aliphatic hydroxyl groups excluding tert-OH is 1. The Morgan fingerprint density at radius 1 is 0.885 bits per heavy atom.